The maximum Gasteiger partial charge on any atom is -0.00965 e. The van der Waals surface area contributed by atoms with E-state index in [1.54, 1.807) is 0 Å². The molecule has 0 aliphatic rings. The predicted molar refractivity (Wildman–Crippen MR) is 107 cm³/mol. The Bertz CT molecular complexity index is 983. The molecule has 0 aliphatic carbocycles. The van der Waals surface area contributed by atoms with E-state index < -0.39 is 0 Å². The van der Waals surface area contributed by atoms with Gasteiger partial charge in [0.25, 0.3) is 0 Å². The summed E-state index contributed by atoms with van der Waals surface area (Å²) >= 11 is 0. The first-order valence-electron chi connectivity index (χ1n) is 8.64. The van der Waals surface area contributed by atoms with Crippen molar-refractivity contribution in [2.45, 2.75) is 6.92 Å². The van der Waals surface area contributed by atoms with Crippen LogP contribution in [0, 0.1) is 6.92 Å². The fourth-order valence-corrected chi connectivity index (χ4v) is 3.34. The standard InChI is InChI=1S/C25H20/c1-19-16-17-23(21-12-6-3-7-13-21)25(18-19)24-15-9-8-14-22(24)20-10-4-2-5-11-20/h2-18H,1H3. The van der Waals surface area contributed by atoms with Crippen molar-refractivity contribution in [2.24, 2.45) is 0 Å². The summed E-state index contributed by atoms with van der Waals surface area (Å²) in [6.07, 6.45) is 0. The third-order valence-electron chi connectivity index (χ3n) is 4.56. The lowest BCUT2D eigenvalue weighted by Crippen LogP contribution is -1.90. The summed E-state index contributed by atoms with van der Waals surface area (Å²) < 4.78 is 0. The van der Waals surface area contributed by atoms with Crippen LogP contribution in [0.4, 0.5) is 0 Å². The highest BCUT2D eigenvalue weighted by Gasteiger charge is 2.12. The van der Waals surface area contributed by atoms with Crippen LogP contribution in [0.15, 0.2) is 103 Å². The van der Waals surface area contributed by atoms with E-state index in [1.165, 1.54) is 38.9 Å². The maximum atomic E-state index is 2.30. The Morgan fingerprint density at radius 3 is 1.48 bits per heavy atom. The molecule has 0 heteroatoms. The van der Waals surface area contributed by atoms with Gasteiger partial charge in [0.1, 0.15) is 0 Å². The van der Waals surface area contributed by atoms with E-state index >= 15 is 0 Å². The molecule has 0 radical (unpaired) electrons. The van der Waals surface area contributed by atoms with E-state index in [0.29, 0.717) is 0 Å². The van der Waals surface area contributed by atoms with Crippen LogP contribution in [0.2, 0.25) is 0 Å². The number of hydrogen-bond donors (Lipinski definition) is 0. The average Bonchev–Trinajstić information content (AvgIpc) is 2.69. The smallest absolute Gasteiger partial charge is 0.00965 e. The molecule has 0 aliphatic heterocycles. The molecule has 0 heterocycles. The zero-order chi connectivity index (χ0) is 17.1. The van der Waals surface area contributed by atoms with Crippen molar-refractivity contribution in [1.82, 2.24) is 0 Å². The molecule has 0 N–H and O–H groups in total. The summed E-state index contributed by atoms with van der Waals surface area (Å²) in [6.45, 7) is 2.16. The molecule has 0 saturated heterocycles. The van der Waals surface area contributed by atoms with Crippen LogP contribution >= 0.6 is 0 Å². The van der Waals surface area contributed by atoms with Crippen LogP contribution in [-0.2, 0) is 0 Å². The Balaban J connectivity index is 1.96. The van der Waals surface area contributed by atoms with Gasteiger partial charge in [-0.25, -0.2) is 0 Å². The molecule has 120 valence electrons. The van der Waals surface area contributed by atoms with Gasteiger partial charge in [-0.3, -0.25) is 0 Å². The van der Waals surface area contributed by atoms with Crippen LogP contribution in [-0.4, -0.2) is 0 Å². The zero-order valence-electron chi connectivity index (χ0n) is 14.3. The van der Waals surface area contributed by atoms with Crippen molar-refractivity contribution >= 4 is 0 Å². The van der Waals surface area contributed by atoms with Gasteiger partial charge < -0.3 is 0 Å². The van der Waals surface area contributed by atoms with Gasteiger partial charge in [-0.15, -0.1) is 0 Å². The van der Waals surface area contributed by atoms with Crippen LogP contribution in [0.25, 0.3) is 33.4 Å². The molecular formula is C25H20. The van der Waals surface area contributed by atoms with Crippen molar-refractivity contribution in [3.05, 3.63) is 109 Å². The van der Waals surface area contributed by atoms with E-state index in [0.717, 1.165) is 0 Å². The van der Waals surface area contributed by atoms with E-state index in [1.807, 2.05) is 0 Å². The Kier molecular flexibility index (Phi) is 4.18. The second-order valence-electron chi connectivity index (χ2n) is 6.33. The summed E-state index contributed by atoms with van der Waals surface area (Å²) in [5.74, 6) is 0. The van der Waals surface area contributed by atoms with Gasteiger partial charge in [-0.2, -0.15) is 0 Å². The lowest BCUT2D eigenvalue weighted by atomic mass is 9.88. The minimum atomic E-state index is 1.25. The summed E-state index contributed by atoms with van der Waals surface area (Å²) in [6, 6.07) is 36.6. The second kappa shape index (κ2) is 6.78. The Morgan fingerprint density at radius 1 is 0.400 bits per heavy atom. The van der Waals surface area contributed by atoms with Gasteiger partial charge in [-0.1, -0.05) is 109 Å². The topological polar surface area (TPSA) is 0 Å². The highest BCUT2D eigenvalue weighted by Crippen LogP contribution is 2.38. The van der Waals surface area contributed by atoms with Gasteiger partial charge in [0.15, 0.2) is 0 Å². The van der Waals surface area contributed by atoms with Crippen molar-refractivity contribution < 1.29 is 0 Å². The normalized spacial score (nSPS) is 10.6. The number of benzene rings is 4. The van der Waals surface area contributed by atoms with Crippen LogP contribution < -0.4 is 0 Å². The molecule has 4 aromatic rings. The Morgan fingerprint density at radius 2 is 0.880 bits per heavy atom. The van der Waals surface area contributed by atoms with Crippen molar-refractivity contribution in [3.63, 3.8) is 0 Å². The van der Waals surface area contributed by atoms with Gasteiger partial charge in [0.05, 0.1) is 0 Å². The Labute approximate surface area is 149 Å². The Hall–Kier alpha value is -3.12. The third-order valence-corrected chi connectivity index (χ3v) is 4.56. The molecule has 0 fully saturated rings. The SMILES string of the molecule is Cc1ccc(-c2ccccc2)c(-c2ccccc2-c2ccccc2)c1. The summed E-state index contributed by atoms with van der Waals surface area (Å²) in [5, 5.41) is 0. The molecule has 4 rings (SSSR count). The maximum absolute atomic E-state index is 2.30. The first-order chi connectivity index (χ1) is 12.3. The number of rotatable bonds is 3. The summed E-state index contributed by atoms with van der Waals surface area (Å²) in [4.78, 5) is 0. The van der Waals surface area contributed by atoms with Gasteiger partial charge >= 0.3 is 0 Å². The average molecular weight is 320 g/mol. The van der Waals surface area contributed by atoms with Crippen molar-refractivity contribution in [1.29, 1.82) is 0 Å². The number of aryl methyl sites for hydroxylation is 1. The molecular weight excluding hydrogens is 300 g/mol. The molecule has 25 heavy (non-hydrogen) atoms. The summed E-state index contributed by atoms with van der Waals surface area (Å²) in [5.41, 5.74) is 8.87. The van der Waals surface area contributed by atoms with Crippen LogP contribution in [0.5, 0.6) is 0 Å². The van der Waals surface area contributed by atoms with E-state index in [2.05, 4.69) is 110 Å². The molecule has 0 amide bonds. The van der Waals surface area contributed by atoms with Gasteiger partial charge in [-0.05, 0) is 40.3 Å². The molecule has 0 spiro atoms. The van der Waals surface area contributed by atoms with Crippen LogP contribution in [0.3, 0.4) is 0 Å². The molecule has 0 unspecified atom stereocenters. The third kappa shape index (κ3) is 3.12. The van der Waals surface area contributed by atoms with Crippen molar-refractivity contribution in [2.75, 3.05) is 0 Å². The summed E-state index contributed by atoms with van der Waals surface area (Å²) in [7, 11) is 0. The second-order valence-corrected chi connectivity index (χ2v) is 6.33. The van der Waals surface area contributed by atoms with E-state index in [-0.39, 0.29) is 0 Å². The predicted octanol–water partition coefficient (Wildman–Crippen LogP) is 7.00. The molecule has 0 aromatic heterocycles. The lowest BCUT2D eigenvalue weighted by molar-refractivity contribution is 1.46. The minimum Gasteiger partial charge on any atom is -0.0622 e. The highest BCUT2D eigenvalue weighted by atomic mass is 14.2. The van der Waals surface area contributed by atoms with Crippen molar-refractivity contribution in [3.8, 4) is 33.4 Å². The monoisotopic (exact) mass is 320 g/mol. The molecule has 0 bridgehead atoms. The molecule has 4 aromatic carbocycles. The number of hydrogen-bond acceptors (Lipinski definition) is 0. The fraction of sp³-hybridized carbons (Fsp3) is 0.0400. The van der Waals surface area contributed by atoms with Gasteiger partial charge in [0.2, 0.25) is 0 Å². The lowest BCUT2D eigenvalue weighted by Gasteiger charge is -2.15. The van der Waals surface area contributed by atoms with Gasteiger partial charge in [0, 0.05) is 0 Å². The van der Waals surface area contributed by atoms with E-state index in [9.17, 15) is 0 Å². The quantitative estimate of drug-likeness (QED) is 0.381. The first kappa shape index (κ1) is 15.4. The fourth-order valence-electron chi connectivity index (χ4n) is 3.34. The zero-order valence-corrected chi connectivity index (χ0v) is 14.3. The van der Waals surface area contributed by atoms with Crippen LogP contribution in [0.1, 0.15) is 5.56 Å². The minimum absolute atomic E-state index is 1.25. The molecule has 0 nitrogen and oxygen atoms in total. The first-order valence-corrected chi connectivity index (χ1v) is 8.64. The largest absolute Gasteiger partial charge is 0.0622 e. The van der Waals surface area contributed by atoms with E-state index in [4.69, 9.17) is 0 Å². The molecule has 0 saturated carbocycles. The molecule has 0 atom stereocenters. The highest BCUT2D eigenvalue weighted by molar-refractivity contribution is 5.91.